The summed E-state index contributed by atoms with van der Waals surface area (Å²) in [5.74, 6) is -1.53. The lowest BCUT2D eigenvalue weighted by Gasteiger charge is -2.11. The molecule has 9 heteroatoms. The first kappa shape index (κ1) is 18.8. The molecule has 0 aliphatic rings. The molecule has 0 bridgehead atoms. The Labute approximate surface area is 169 Å². The van der Waals surface area contributed by atoms with Crippen molar-refractivity contribution in [3.05, 3.63) is 105 Å². The second kappa shape index (κ2) is 7.84. The molecular formula is C21H15N5O4. The van der Waals surface area contributed by atoms with E-state index in [4.69, 9.17) is 0 Å². The minimum atomic E-state index is -0.786. The van der Waals surface area contributed by atoms with Crippen LogP contribution in [0.25, 0.3) is 16.5 Å². The summed E-state index contributed by atoms with van der Waals surface area (Å²) in [6.07, 6.45) is 1.39. The molecule has 0 radical (unpaired) electrons. The number of carbonyl (C=O) groups excluding carboxylic acids is 2. The van der Waals surface area contributed by atoms with Gasteiger partial charge in [0.05, 0.1) is 11.1 Å². The summed E-state index contributed by atoms with van der Waals surface area (Å²) in [5, 5.41) is 4.84. The number of amides is 2. The number of aromatic nitrogens is 3. The standard InChI is InChI=1S/C21H15N5O4/c27-18-16(11-6-12-22-18)19(28)23-24-20(29)17-14-9-4-5-10-15(14)21(30)26(25-17)13-7-2-1-3-8-13/h1-12H,(H,22,27)(H,23,28)(H,24,29). The molecule has 0 saturated carbocycles. The molecule has 0 unspecified atom stereocenters. The summed E-state index contributed by atoms with van der Waals surface area (Å²) in [6, 6.07) is 18.0. The van der Waals surface area contributed by atoms with Crippen LogP contribution in [0.15, 0.2) is 82.5 Å². The highest BCUT2D eigenvalue weighted by molar-refractivity contribution is 6.06. The summed E-state index contributed by atoms with van der Waals surface area (Å²) >= 11 is 0. The number of hydrogen-bond acceptors (Lipinski definition) is 5. The molecule has 30 heavy (non-hydrogen) atoms. The van der Waals surface area contributed by atoms with Gasteiger partial charge in [-0.25, -0.2) is 0 Å². The minimum absolute atomic E-state index is 0.0590. The lowest BCUT2D eigenvalue weighted by molar-refractivity contribution is 0.0843. The van der Waals surface area contributed by atoms with Crippen LogP contribution in [0.4, 0.5) is 0 Å². The molecule has 2 aromatic heterocycles. The van der Waals surface area contributed by atoms with Gasteiger partial charge in [-0.05, 0) is 30.3 Å². The van der Waals surface area contributed by atoms with Crippen molar-refractivity contribution in [2.45, 2.75) is 0 Å². The molecule has 0 spiro atoms. The third kappa shape index (κ3) is 3.47. The van der Waals surface area contributed by atoms with E-state index in [0.29, 0.717) is 16.5 Å². The van der Waals surface area contributed by atoms with E-state index in [1.54, 1.807) is 54.6 Å². The van der Waals surface area contributed by atoms with Crippen LogP contribution < -0.4 is 22.0 Å². The van der Waals surface area contributed by atoms with Crippen molar-refractivity contribution in [3.63, 3.8) is 0 Å². The zero-order valence-electron chi connectivity index (χ0n) is 15.5. The Bertz CT molecular complexity index is 1380. The van der Waals surface area contributed by atoms with Crippen LogP contribution in [0.5, 0.6) is 0 Å². The van der Waals surface area contributed by atoms with Gasteiger partial charge < -0.3 is 4.98 Å². The molecule has 0 aliphatic heterocycles. The number of nitrogens with one attached hydrogen (secondary N) is 3. The number of rotatable bonds is 3. The normalized spacial score (nSPS) is 10.5. The minimum Gasteiger partial charge on any atom is -0.328 e. The van der Waals surface area contributed by atoms with Gasteiger partial charge in [-0.1, -0.05) is 36.4 Å². The van der Waals surface area contributed by atoms with Gasteiger partial charge in [-0.2, -0.15) is 9.78 Å². The second-order valence-corrected chi connectivity index (χ2v) is 6.27. The van der Waals surface area contributed by atoms with Crippen molar-refractivity contribution in [2.24, 2.45) is 0 Å². The number of fused-ring (bicyclic) bond motifs is 1. The van der Waals surface area contributed by atoms with Crippen LogP contribution in [-0.2, 0) is 0 Å². The van der Waals surface area contributed by atoms with Crippen molar-refractivity contribution >= 4 is 22.6 Å². The molecule has 4 rings (SSSR count). The smallest absolute Gasteiger partial charge is 0.290 e. The zero-order chi connectivity index (χ0) is 21.1. The van der Waals surface area contributed by atoms with Gasteiger partial charge in [-0.3, -0.25) is 30.0 Å². The maximum Gasteiger partial charge on any atom is 0.290 e. The highest BCUT2D eigenvalue weighted by Gasteiger charge is 2.18. The van der Waals surface area contributed by atoms with Gasteiger partial charge >= 0.3 is 0 Å². The topological polar surface area (TPSA) is 126 Å². The number of hydrazine groups is 1. The molecule has 3 N–H and O–H groups in total. The van der Waals surface area contributed by atoms with E-state index in [1.165, 1.54) is 18.3 Å². The molecule has 0 atom stereocenters. The van der Waals surface area contributed by atoms with Crippen LogP contribution in [-0.4, -0.2) is 26.6 Å². The van der Waals surface area contributed by atoms with Crippen LogP contribution in [0.3, 0.4) is 0 Å². The van der Waals surface area contributed by atoms with Gasteiger partial charge in [0.15, 0.2) is 5.69 Å². The van der Waals surface area contributed by atoms with Crippen molar-refractivity contribution in [2.75, 3.05) is 0 Å². The van der Waals surface area contributed by atoms with Crippen molar-refractivity contribution in [1.82, 2.24) is 25.6 Å². The highest BCUT2D eigenvalue weighted by atomic mass is 16.2. The molecular weight excluding hydrogens is 386 g/mol. The van der Waals surface area contributed by atoms with Crippen LogP contribution in [0.1, 0.15) is 20.8 Å². The van der Waals surface area contributed by atoms with E-state index in [9.17, 15) is 19.2 Å². The Kier molecular flexibility index (Phi) is 4.92. The predicted octanol–water partition coefficient (Wildman–Crippen LogP) is 1.15. The largest absolute Gasteiger partial charge is 0.328 e. The van der Waals surface area contributed by atoms with Crippen molar-refractivity contribution in [3.8, 4) is 5.69 Å². The second-order valence-electron chi connectivity index (χ2n) is 6.27. The third-order valence-corrected chi connectivity index (χ3v) is 4.37. The molecule has 2 amide bonds. The molecule has 0 saturated heterocycles. The Morgan fingerprint density at radius 2 is 1.47 bits per heavy atom. The fourth-order valence-electron chi connectivity index (χ4n) is 2.94. The van der Waals surface area contributed by atoms with Crippen molar-refractivity contribution in [1.29, 1.82) is 0 Å². The van der Waals surface area contributed by atoms with Crippen LogP contribution in [0, 0.1) is 0 Å². The first-order valence-corrected chi connectivity index (χ1v) is 8.92. The van der Waals surface area contributed by atoms with Crippen LogP contribution in [0.2, 0.25) is 0 Å². The van der Waals surface area contributed by atoms with Gasteiger partial charge in [0.2, 0.25) is 0 Å². The molecule has 4 aromatic rings. The Balaban J connectivity index is 1.71. The molecule has 2 heterocycles. The summed E-state index contributed by atoms with van der Waals surface area (Å²) < 4.78 is 1.13. The maximum absolute atomic E-state index is 12.9. The zero-order valence-corrected chi connectivity index (χ0v) is 15.5. The number of nitrogens with zero attached hydrogens (tertiary/aromatic N) is 2. The average molecular weight is 401 g/mol. The SMILES string of the molecule is O=C(NNC(=O)c1nn(-c2ccccc2)c(=O)c2ccccc12)c1ccc[nH]c1=O. The Morgan fingerprint density at radius 3 is 2.20 bits per heavy atom. The van der Waals surface area contributed by atoms with E-state index in [2.05, 4.69) is 20.9 Å². The first-order chi connectivity index (χ1) is 14.6. The molecule has 2 aromatic carbocycles. The van der Waals surface area contributed by atoms with Crippen LogP contribution >= 0.6 is 0 Å². The third-order valence-electron chi connectivity index (χ3n) is 4.37. The number of pyridine rings is 1. The van der Waals surface area contributed by atoms with E-state index in [1.807, 2.05) is 0 Å². The van der Waals surface area contributed by atoms with E-state index in [-0.39, 0.29) is 16.8 Å². The highest BCUT2D eigenvalue weighted by Crippen LogP contribution is 2.15. The number of aromatic amines is 1. The van der Waals surface area contributed by atoms with Gasteiger partial charge in [0.25, 0.3) is 22.9 Å². The van der Waals surface area contributed by atoms with Gasteiger partial charge in [0.1, 0.15) is 5.56 Å². The predicted molar refractivity (Wildman–Crippen MR) is 109 cm³/mol. The van der Waals surface area contributed by atoms with E-state index >= 15 is 0 Å². The summed E-state index contributed by atoms with van der Waals surface area (Å²) in [4.78, 5) is 51.9. The lowest BCUT2D eigenvalue weighted by Crippen LogP contribution is -2.44. The number of para-hydroxylation sites is 1. The molecule has 148 valence electrons. The van der Waals surface area contributed by atoms with Gasteiger partial charge in [0, 0.05) is 11.6 Å². The average Bonchev–Trinajstić information content (AvgIpc) is 2.78. The first-order valence-electron chi connectivity index (χ1n) is 8.92. The monoisotopic (exact) mass is 401 g/mol. The Morgan fingerprint density at radius 1 is 0.800 bits per heavy atom. The van der Waals surface area contributed by atoms with E-state index in [0.717, 1.165) is 4.68 Å². The fourth-order valence-corrected chi connectivity index (χ4v) is 2.94. The molecule has 9 nitrogen and oxygen atoms in total. The summed E-state index contributed by atoms with van der Waals surface area (Å²) in [7, 11) is 0. The van der Waals surface area contributed by atoms with E-state index < -0.39 is 17.4 Å². The number of carbonyl (C=O) groups is 2. The summed E-state index contributed by atoms with van der Waals surface area (Å²) in [5.41, 5.74) is 3.73. The number of hydrogen-bond donors (Lipinski definition) is 3. The number of benzene rings is 2. The Hall–Kier alpha value is -4.53. The fraction of sp³-hybridized carbons (Fsp3) is 0. The van der Waals surface area contributed by atoms with Crippen molar-refractivity contribution < 1.29 is 9.59 Å². The number of H-pyrrole nitrogens is 1. The van der Waals surface area contributed by atoms with Gasteiger partial charge in [-0.15, -0.1) is 0 Å². The maximum atomic E-state index is 12.9. The molecule has 0 fully saturated rings. The molecule has 0 aliphatic carbocycles. The quantitative estimate of drug-likeness (QED) is 0.444. The summed E-state index contributed by atoms with van der Waals surface area (Å²) in [6.45, 7) is 0. The lowest BCUT2D eigenvalue weighted by atomic mass is 10.1.